The molecule has 0 saturated heterocycles. The third kappa shape index (κ3) is 4.91. The van der Waals surface area contributed by atoms with Gasteiger partial charge in [-0.3, -0.25) is 9.59 Å². The number of anilines is 2. The Morgan fingerprint density at radius 3 is 2.44 bits per heavy atom. The van der Waals surface area contributed by atoms with Crippen LogP contribution in [0.3, 0.4) is 0 Å². The number of carbonyl (C=O) groups is 3. The van der Waals surface area contributed by atoms with E-state index in [2.05, 4.69) is 10.6 Å². The molecule has 0 bridgehead atoms. The van der Waals surface area contributed by atoms with Gasteiger partial charge in [0.05, 0.1) is 17.9 Å². The lowest BCUT2D eigenvalue weighted by atomic mass is 9.82. The minimum Gasteiger partial charge on any atom is -0.308 e. The number of nitrogens with one attached hydrogen (secondary N) is 2. The third-order valence-corrected chi connectivity index (χ3v) is 6.67. The monoisotopic (exact) mass is 480 g/mol. The van der Waals surface area contributed by atoms with E-state index in [-0.39, 0.29) is 18.2 Å². The highest BCUT2D eigenvalue weighted by atomic mass is 16.2. The summed E-state index contributed by atoms with van der Waals surface area (Å²) < 4.78 is 0. The molecule has 5 rings (SSSR count). The molecule has 1 heterocycles. The number of amides is 3. The van der Waals surface area contributed by atoms with Crippen LogP contribution in [-0.2, 0) is 9.59 Å². The van der Waals surface area contributed by atoms with Crippen LogP contribution in [0.15, 0.2) is 83.9 Å². The fourth-order valence-corrected chi connectivity index (χ4v) is 4.54. The number of ketones is 1. The normalized spacial score (nSPS) is 17.4. The van der Waals surface area contributed by atoms with E-state index < -0.39 is 18.1 Å². The second-order valence-electron chi connectivity index (χ2n) is 9.25. The highest BCUT2D eigenvalue weighted by Crippen LogP contribution is 2.31. The second kappa shape index (κ2) is 10.2. The summed E-state index contributed by atoms with van der Waals surface area (Å²) in [5, 5.41) is 5.51. The Labute approximate surface area is 210 Å². The Kier molecular flexibility index (Phi) is 6.62. The predicted molar refractivity (Wildman–Crippen MR) is 140 cm³/mol. The van der Waals surface area contributed by atoms with Crippen molar-refractivity contribution in [2.24, 2.45) is 10.9 Å². The molecule has 1 fully saturated rings. The summed E-state index contributed by atoms with van der Waals surface area (Å²) in [4.78, 5) is 46.0. The Morgan fingerprint density at radius 1 is 0.972 bits per heavy atom. The van der Waals surface area contributed by atoms with Crippen molar-refractivity contribution in [1.82, 2.24) is 5.32 Å². The molecule has 1 saturated carbocycles. The summed E-state index contributed by atoms with van der Waals surface area (Å²) in [6, 6.07) is 23.8. The van der Waals surface area contributed by atoms with E-state index in [1.165, 1.54) is 4.90 Å². The third-order valence-electron chi connectivity index (χ3n) is 6.67. The quantitative estimate of drug-likeness (QED) is 0.536. The van der Waals surface area contributed by atoms with Gasteiger partial charge in [-0.1, -0.05) is 67.1 Å². The fraction of sp³-hybridized carbons (Fsp3) is 0.241. The van der Waals surface area contributed by atoms with E-state index in [1.807, 2.05) is 79.7 Å². The van der Waals surface area contributed by atoms with Crippen LogP contribution in [0, 0.1) is 12.8 Å². The summed E-state index contributed by atoms with van der Waals surface area (Å²) in [5.74, 6) is -0.422. The zero-order chi connectivity index (χ0) is 25.1. The van der Waals surface area contributed by atoms with Gasteiger partial charge in [0.25, 0.3) is 5.91 Å². The van der Waals surface area contributed by atoms with Crippen molar-refractivity contribution in [1.29, 1.82) is 0 Å². The van der Waals surface area contributed by atoms with Gasteiger partial charge in [0, 0.05) is 22.7 Å². The molecule has 0 spiro atoms. The van der Waals surface area contributed by atoms with Crippen molar-refractivity contribution < 1.29 is 14.4 Å². The van der Waals surface area contributed by atoms with Gasteiger partial charge in [0.1, 0.15) is 0 Å². The first kappa shape index (κ1) is 23.5. The van der Waals surface area contributed by atoms with Gasteiger partial charge in [0.15, 0.2) is 5.78 Å². The van der Waals surface area contributed by atoms with E-state index >= 15 is 0 Å². The van der Waals surface area contributed by atoms with Crippen molar-refractivity contribution in [3.05, 3.63) is 95.6 Å². The molecule has 36 heavy (non-hydrogen) atoms. The standard InChI is InChI=1S/C29H28N4O3/c1-19-9-7-14-22(17-19)30-29(36)32-27-28(35)33(18-25(34)20-12-8-13-20)24-16-6-5-15-23(24)26(31-27)21-10-3-2-4-11-21/h2-7,9-11,14-17,20,27H,8,12-13,18H2,1H3,(H2,30,32,36)/t27-/m0/s1. The average Bonchev–Trinajstić information content (AvgIpc) is 2.94. The molecule has 1 aliphatic heterocycles. The molecule has 3 amide bonds. The van der Waals surface area contributed by atoms with Crippen molar-refractivity contribution in [3.63, 3.8) is 0 Å². The minimum absolute atomic E-state index is 0.0150. The number of Topliss-reactive ketones (excluding diaryl/α,β-unsaturated/α-hetero) is 1. The van der Waals surface area contributed by atoms with E-state index in [1.54, 1.807) is 6.07 Å². The van der Waals surface area contributed by atoms with Crippen molar-refractivity contribution in [2.75, 3.05) is 16.8 Å². The molecule has 2 N–H and O–H groups in total. The summed E-state index contributed by atoms with van der Waals surface area (Å²) in [5.41, 5.74) is 4.36. The first-order chi connectivity index (χ1) is 17.5. The number of carbonyl (C=O) groups excluding carboxylic acids is 3. The number of benzene rings is 3. The van der Waals surface area contributed by atoms with Crippen molar-refractivity contribution >= 4 is 34.8 Å². The van der Waals surface area contributed by atoms with Crippen LogP contribution >= 0.6 is 0 Å². The summed E-state index contributed by atoms with van der Waals surface area (Å²) in [7, 11) is 0. The molecule has 0 aromatic heterocycles. The molecule has 1 aliphatic carbocycles. The Bertz CT molecular complexity index is 1330. The van der Waals surface area contributed by atoms with Crippen LogP contribution in [0.1, 0.15) is 36.0 Å². The van der Waals surface area contributed by atoms with E-state index in [4.69, 9.17) is 4.99 Å². The van der Waals surface area contributed by atoms with Crippen LogP contribution in [-0.4, -0.2) is 36.1 Å². The molecule has 1 atom stereocenters. The second-order valence-corrected chi connectivity index (χ2v) is 9.25. The number of nitrogens with zero attached hydrogens (tertiary/aromatic N) is 2. The minimum atomic E-state index is -1.20. The Morgan fingerprint density at radius 2 is 1.72 bits per heavy atom. The zero-order valence-electron chi connectivity index (χ0n) is 20.1. The number of hydrogen-bond donors (Lipinski definition) is 2. The summed E-state index contributed by atoms with van der Waals surface area (Å²) in [6.45, 7) is 1.89. The lowest BCUT2D eigenvalue weighted by Crippen LogP contribution is -2.50. The lowest BCUT2D eigenvalue weighted by Gasteiger charge is -2.29. The molecule has 0 unspecified atom stereocenters. The number of urea groups is 1. The van der Waals surface area contributed by atoms with Gasteiger partial charge in [-0.25, -0.2) is 9.79 Å². The summed E-state index contributed by atoms with van der Waals surface area (Å²) >= 11 is 0. The zero-order valence-corrected chi connectivity index (χ0v) is 20.1. The Hall–Kier alpha value is -4.26. The van der Waals surface area contributed by atoms with Crippen LogP contribution in [0.2, 0.25) is 0 Å². The highest BCUT2D eigenvalue weighted by Gasteiger charge is 2.36. The molecular formula is C29H28N4O3. The smallest absolute Gasteiger partial charge is 0.308 e. The van der Waals surface area contributed by atoms with Gasteiger partial charge in [-0.05, 0) is 43.5 Å². The maximum absolute atomic E-state index is 13.8. The maximum Gasteiger partial charge on any atom is 0.321 e. The fourth-order valence-electron chi connectivity index (χ4n) is 4.54. The largest absolute Gasteiger partial charge is 0.321 e. The first-order valence-corrected chi connectivity index (χ1v) is 12.2. The molecule has 0 radical (unpaired) electrons. The number of aryl methyl sites for hydroxylation is 1. The highest BCUT2D eigenvalue weighted by molar-refractivity contribution is 6.21. The van der Waals surface area contributed by atoms with E-state index in [9.17, 15) is 14.4 Å². The number of rotatable bonds is 6. The number of para-hydroxylation sites is 1. The molecule has 3 aromatic carbocycles. The van der Waals surface area contributed by atoms with Crippen LogP contribution in [0.25, 0.3) is 0 Å². The van der Waals surface area contributed by atoms with Crippen LogP contribution < -0.4 is 15.5 Å². The Balaban J connectivity index is 1.51. The van der Waals surface area contributed by atoms with Crippen LogP contribution in [0.5, 0.6) is 0 Å². The van der Waals surface area contributed by atoms with Crippen molar-refractivity contribution in [3.8, 4) is 0 Å². The summed E-state index contributed by atoms with van der Waals surface area (Å²) in [6.07, 6.45) is 1.54. The van der Waals surface area contributed by atoms with Gasteiger partial charge in [0.2, 0.25) is 6.17 Å². The number of aliphatic imine (C=N–C) groups is 1. The molecule has 7 heteroatoms. The molecular weight excluding hydrogens is 452 g/mol. The number of hydrogen-bond acceptors (Lipinski definition) is 4. The lowest BCUT2D eigenvalue weighted by molar-refractivity contribution is -0.127. The molecule has 2 aliphatic rings. The molecule has 182 valence electrons. The molecule has 7 nitrogen and oxygen atoms in total. The molecule has 3 aromatic rings. The van der Waals surface area contributed by atoms with Crippen LogP contribution in [0.4, 0.5) is 16.2 Å². The van der Waals surface area contributed by atoms with E-state index in [0.717, 1.165) is 36.0 Å². The maximum atomic E-state index is 13.8. The SMILES string of the molecule is Cc1cccc(NC(=O)N[C@@H]2N=C(c3ccccc3)c3ccccc3N(CC(=O)C3CCC3)C2=O)c1. The topological polar surface area (TPSA) is 90.9 Å². The number of fused-ring (bicyclic) bond motifs is 1. The average molecular weight is 481 g/mol. The predicted octanol–water partition coefficient (Wildman–Crippen LogP) is 4.70. The van der Waals surface area contributed by atoms with Gasteiger partial charge >= 0.3 is 6.03 Å². The first-order valence-electron chi connectivity index (χ1n) is 12.2. The van der Waals surface area contributed by atoms with Gasteiger partial charge in [-0.2, -0.15) is 0 Å². The van der Waals surface area contributed by atoms with Crippen molar-refractivity contribution in [2.45, 2.75) is 32.4 Å². The van der Waals surface area contributed by atoms with Gasteiger partial charge < -0.3 is 15.5 Å². The van der Waals surface area contributed by atoms with Gasteiger partial charge in [-0.15, -0.1) is 0 Å². The van der Waals surface area contributed by atoms with E-state index in [0.29, 0.717) is 17.1 Å². The number of benzodiazepines with no additional fused rings is 1.